The predicted molar refractivity (Wildman–Crippen MR) is 145 cm³/mol. The lowest BCUT2D eigenvalue weighted by atomic mass is 9.67. The molecule has 0 saturated carbocycles. The molecule has 0 fully saturated rings. The normalized spacial score (nSPS) is 20.6. The van der Waals surface area contributed by atoms with Crippen LogP contribution < -0.4 is 14.8 Å². The van der Waals surface area contributed by atoms with Crippen LogP contribution in [0, 0.1) is 5.92 Å². The second-order valence-electron chi connectivity index (χ2n) is 9.39. The highest BCUT2D eigenvalue weighted by Gasteiger charge is 2.49. The van der Waals surface area contributed by atoms with Crippen molar-refractivity contribution in [1.29, 1.82) is 0 Å². The van der Waals surface area contributed by atoms with Gasteiger partial charge in [-0.3, -0.25) is 9.59 Å². The molecule has 2 aromatic rings. The molecular weight excluding hydrogens is 498 g/mol. The lowest BCUT2D eigenvalue weighted by Crippen LogP contribution is -2.43. The number of Topliss-reactive ketones (excluding diaryl/α,β-unsaturated/α-hetero) is 1. The van der Waals surface area contributed by atoms with Crippen LogP contribution in [0.4, 0.5) is 0 Å². The number of rotatable bonds is 9. The Morgan fingerprint density at radius 3 is 2.08 bits per heavy atom. The first-order valence-electron chi connectivity index (χ1n) is 13.3. The lowest BCUT2D eigenvalue weighted by molar-refractivity contribution is -0.152. The summed E-state index contributed by atoms with van der Waals surface area (Å²) in [4.78, 5) is 40.9. The molecule has 1 heterocycles. The second kappa shape index (κ2) is 12.2. The molecule has 1 N–H and O–H groups in total. The van der Waals surface area contributed by atoms with Gasteiger partial charge in [0.15, 0.2) is 5.78 Å². The number of esters is 2. The van der Waals surface area contributed by atoms with E-state index in [0.29, 0.717) is 47.1 Å². The highest BCUT2D eigenvalue weighted by Crippen LogP contribution is 2.48. The molecule has 0 bridgehead atoms. The van der Waals surface area contributed by atoms with Gasteiger partial charge in [0.25, 0.3) is 0 Å². The van der Waals surface area contributed by atoms with Crippen LogP contribution in [0.25, 0.3) is 0 Å². The molecule has 1 aliphatic heterocycles. The van der Waals surface area contributed by atoms with Crippen LogP contribution in [0.15, 0.2) is 71.1 Å². The third kappa shape index (κ3) is 5.55. The summed E-state index contributed by atoms with van der Waals surface area (Å²) in [6.07, 6.45) is 0.387. The molecule has 1 aliphatic carbocycles. The summed E-state index contributed by atoms with van der Waals surface area (Å²) in [5.74, 6) is -2.32. The Morgan fingerprint density at radius 1 is 0.872 bits per heavy atom. The van der Waals surface area contributed by atoms with E-state index in [0.717, 1.165) is 11.1 Å². The summed E-state index contributed by atoms with van der Waals surface area (Å²) >= 11 is 0. The SMILES string of the molecule is CCOC(=O)C1=C(C)NC2=C(C(=O)[C@H](C(=O)OCC)[C@H](c3ccc(OC)cc3)C2)[C@@H]1c1ccc(OCC)cc1. The molecule has 3 atom stereocenters. The molecule has 2 aliphatic rings. The zero-order valence-electron chi connectivity index (χ0n) is 23.0. The monoisotopic (exact) mass is 533 g/mol. The van der Waals surface area contributed by atoms with Gasteiger partial charge in [0.1, 0.15) is 17.4 Å². The van der Waals surface area contributed by atoms with E-state index in [9.17, 15) is 14.4 Å². The molecule has 0 radical (unpaired) electrons. The minimum atomic E-state index is -1.06. The maximum Gasteiger partial charge on any atom is 0.336 e. The Kier molecular flexibility index (Phi) is 8.74. The number of ether oxygens (including phenoxy) is 4. The quantitative estimate of drug-likeness (QED) is 0.362. The molecule has 0 saturated heterocycles. The van der Waals surface area contributed by atoms with Crippen molar-refractivity contribution in [1.82, 2.24) is 5.32 Å². The molecule has 0 unspecified atom stereocenters. The van der Waals surface area contributed by atoms with Gasteiger partial charge in [-0.2, -0.15) is 0 Å². The van der Waals surface area contributed by atoms with Crippen LogP contribution in [0.2, 0.25) is 0 Å². The van der Waals surface area contributed by atoms with Gasteiger partial charge in [-0.15, -0.1) is 0 Å². The zero-order chi connectivity index (χ0) is 28.1. The molecular formula is C31H35NO7. The first-order valence-corrected chi connectivity index (χ1v) is 13.3. The Balaban J connectivity index is 1.86. The highest BCUT2D eigenvalue weighted by molar-refractivity contribution is 6.13. The van der Waals surface area contributed by atoms with Gasteiger partial charge in [-0.1, -0.05) is 24.3 Å². The van der Waals surface area contributed by atoms with Gasteiger partial charge in [0.05, 0.1) is 32.5 Å². The van der Waals surface area contributed by atoms with Crippen molar-refractivity contribution in [3.63, 3.8) is 0 Å². The van der Waals surface area contributed by atoms with Crippen LogP contribution >= 0.6 is 0 Å². The second-order valence-corrected chi connectivity index (χ2v) is 9.39. The topological polar surface area (TPSA) is 100 Å². The van der Waals surface area contributed by atoms with Crippen LogP contribution in [0.5, 0.6) is 11.5 Å². The fourth-order valence-corrected chi connectivity index (χ4v) is 5.44. The van der Waals surface area contributed by atoms with Gasteiger partial charge >= 0.3 is 11.9 Å². The van der Waals surface area contributed by atoms with Crippen molar-refractivity contribution in [2.24, 2.45) is 5.92 Å². The Morgan fingerprint density at radius 2 is 1.49 bits per heavy atom. The van der Waals surface area contributed by atoms with Crippen LogP contribution in [-0.4, -0.2) is 44.7 Å². The van der Waals surface area contributed by atoms with Gasteiger partial charge < -0.3 is 24.3 Å². The van der Waals surface area contributed by atoms with E-state index in [2.05, 4.69) is 5.32 Å². The maximum atomic E-state index is 14.3. The molecule has 0 aromatic heterocycles. The molecule has 4 rings (SSSR count). The van der Waals surface area contributed by atoms with E-state index in [4.69, 9.17) is 18.9 Å². The number of carbonyl (C=O) groups excluding carboxylic acids is 3. The number of allylic oxidation sites excluding steroid dienone is 3. The van der Waals surface area contributed by atoms with Gasteiger partial charge in [0, 0.05) is 28.8 Å². The lowest BCUT2D eigenvalue weighted by Gasteiger charge is -2.39. The summed E-state index contributed by atoms with van der Waals surface area (Å²) < 4.78 is 21.7. The van der Waals surface area contributed by atoms with E-state index in [-0.39, 0.29) is 19.0 Å². The fourth-order valence-electron chi connectivity index (χ4n) is 5.44. The minimum absolute atomic E-state index is 0.150. The fraction of sp³-hybridized carbons (Fsp3) is 0.387. The van der Waals surface area contributed by atoms with Crippen molar-refractivity contribution in [2.45, 2.75) is 46.0 Å². The molecule has 0 spiro atoms. The first-order chi connectivity index (χ1) is 18.8. The molecule has 206 valence electrons. The number of dihydropyridines is 1. The average molecular weight is 534 g/mol. The minimum Gasteiger partial charge on any atom is -0.497 e. The van der Waals surface area contributed by atoms with Crippen LogP contribution in [0.1, 0.15) is 57.1 Å². The summed E-state index contributed by atoms with van der Waals surface area (Å²) in [7, 11) is 1.58. The van der Waals surface area contributed by atoms with E-state index < -0.39 is 29.7 Å². The van der Waals surface area contributed by atoms with E-state index in [1.165, 1.54) is 0 Å². The maximum absolute atomic E-state index is 14.3. The number of nitrogens with one attached hydrogen (secondary N) is 1. The van der Waals surface area contributed by atoms with Crippen LogP contribution in [-0.2, 0) is 23.9 Å². The number of carbonyl (C=O) groups is 3. The molecule has 2 aromatic carbocycles. The highest BCUT2D eigenvalue weighted by atomic mass is 16.5. The summed E-state index contributed by atoms with van der Waals surface area (Å²) in [5.41, 5.74) is 3.58. The van der Waals surface area contributed by atoms with Crippen molar-refractivity contribution in [3.05, 3.63) is 82.2 Å². The third-order valence-corrected chi connectivity index (χ3v) is 7.12. The Hall–Kier alpha value is -4.07. The largest absolute Gasteiger partial charge is 0.497 e. The van der Waals surface area contributed by atoms with Crippen LogP contribution in [0.3, 0.4) is 0 Å². The number of ketones is 1. The van der Waals surface area contributed by atoms with Crippen molar-refractivity contribution >= 4 is 17.7 Å². The third-order valence-electron chi connectivity index (χ3n) is 7.12. The number of methoxy groups -OCH3 is 1. The van der Waals surface area contributed by atoms with Gasteiger partial charge in [0.2, 0.25) is 0 Å². The predicted octanol–water partition coefficient (Wildman–Crippen LogP) is 4.81. The zero-order valence-corrected chi connectivity index (χ0v) is 23.0. The van der Waals surface area contributed by atoms with Crippen molar-refractivity contribution < 1.29 is 33.3 Å². The molecule has 39 heavy (non-hydrogen) atoms. The summed E-state index contributed by atoms with van der Waals surface area (Å²) in [6.45, 7) is 8.02. The first kappa shape index (κ1) is 28.0. The standard InChI is InChI=1S/C31H35NO7/c1-6-37-22-15-11-20(12-16-22)26-25(30(34)38-7-2)18(4)32-24-17-23(19-9-13-21(36-5)14-10-19)27(29(33)28(24)26)31(35)39-8-3/h9-16,23,26-27,32H,6-8,17H2,1-5H3/t23-,26+,27+/m0/s1. The number of hydrogen-bond donors (Lipinski definition) is 1. The Bertz CT molecular complexity index is 1290. The van der Waals surface area contributed by atoms with Crippen molar-refractivity contribution in [3.8, 4) is 11.5 Å². The number of benzene rings is 2. The molecule has 8 heteroatoms. The van der Waals surface area contributed by atoms with E-state index >= 15 is 0 Å². The molecule has 0 amide bonds. The smallest absolute Gasteiger partial charge is 0.336 e. The molecule has 8 nitrogen and oxygen atoms in total. The van der Waals surface area contributed by atoms with E-state index in [1.54, 1.807) is 21.0 Å². The van der Waals surface area contributed by atoms with Crippen molar-refractivity contribution in [2.75, 3.05) is 26.9 Å². The Labute approximate surface area is 229 Å². The average Bonchev–Trinajstić information content (AvgIpc) is 2.93. The number of hydrogen-bond acceptors (Lipinski definition) is 8. The van der Waals surface area contributed by atoms with Gasteiger partial charge in [-0.25, -0.2) is 4.79 Å². The summed E-state index contributed by atoms with van der Waals surface area (Å²) in [5, 5.41) is 3.32. The van der Waals surface area contributed by atoms with Gasteiger partial charge in [-0.05, 0) is 69.5 Å². The van der Waals surface area contributed by atoms with E-state index in [1.807, 2.05) is 62.4 Å². The summed E-state index contributed by atoms with van der Waals surface area (Å²) in [6, 6.07) is 14.7.